The molecule has 0 radical (unpaired) electrons. The number of carbonyl (C=O) groups is 4. The van der Waals surface area contributed by atoms with Gasteiger partial charge in [-0.2, -0.15) is 0 Å². The van der Waals surface area contributed by atoms with E-state index in [9.17, 15) is 23.6 Å². The van der Waals surface area contributed by atoms with E-state index in [1.807, 2.05) is 0 Å². The van der Waals surface area contributed by atoms with Crippen molar-refractivity contribution in [3.8, 4) is 5.75 Å². The van der Waals surface area contributed by atoms with Gasteiger partial charge in [-0.3, -0.25) is 14.4 Å². The van der Waals surface area contributed by atoms with Gasteiger partial charge in [0.05, 0.1) is 0 Å². The number of anilines is 1. The van der Waals surface area contributed by atoms with Crippen LogP contribution in [0.5, 0.6) is 5.75 Å². The average molecular weight is 416 g/mol. The summed E-state index contributed by atoms with van der Waals surface area (Å²) in [4.78, 5) is 48.0. The third kappa shape index (κ3) is 7.01. The molecule has 9 heteroatoms. The maximum atomic E-state index is 13.1. The van der Waals surface area contributed by atoms with E-state index in [-0.39, 0.29) is 18.7 Å². The van der Waals surface area contributed by atoms with E-state index in [0.29, 0.717) is 17.0 Å². The number of ether oxygens (including phenoxy) is 2. The number of halogens is 1. The number of amides is 2. The summed E-state index contributed by atoms with van der Waals surface area (Å²) < 4.78 is 23.3. The van der Waals surface area contributed by atoms with E-state index in [1.165, 1.54) is 30.0 Å². The standard InChI is InChI=1S/C21H21FN2O6/c1-14(25)15-3-2-4-18(11-15)29-13-21(28)30-12-20(27)24(10-9-19(23)26)17-7-5-16(22)6-8-17/h2-8,11H,9-10,12-13H2,1H3,(H2,23,26). The summed E-state index contributed by atoms with van der Waals surface area (Å²) in [7, 11) is 0. The van der Waals surface area contributed by atoms with Crippen LogP contribution in [0.4, 0.5) is 10.1 Å². The molecule has 158 valence electrons. The van der Waals surface area contributed by atoms with E-state index in [2.05, 4.69) is 0 Å². The van der Waals surface area contributed by atoms with Crippen molar-refractivity contribution in [2.75, 3.05) is 24.7 Å². The quantitative estimate of drug-likeness (QED) is 0.467. The summed E-state index contributed by atoms with van der Waals surface area (Å²) in [5.74, 6) is -2.36. The third-order valence-corrected chi connectivity index (χ3v) is 3.98. The molecule has 0 aliphatic carbocycles. The molecular weight excluding hydrogens is 395 g/mol. The van der Waals surface area contributed by atoms with Crippen LogP contribution in [0.25, 0.3) is 0 Å². The Hall–Kier alpha value is -3.75. The van der Waals surface area contributed by atoms with Crippen LogP contribution in [0.1, 0.15) is 23.7 Å². The van der Waals surface area contributed by atoms with Crippen LogP contribution >= 0.6 is 0 Å². The largest absolute Gasteiger partial charge is 0.482 e. The topological polar surface area (TPSA) is 116 Å². The van der Waals surface area contributed by atoms with Gasteiger partial charge in [-0.25, -0.2) is 9.18 Å². The maximum Gasteiger partial charge on any atom is 0.344 e. The van der Waals surface area contributed by atoms with Crippen LogP contribution in [0.2, 0.25) is 0 Å². The molecule has 0 spiro atoms. The first-order valence-corrected chi connectivity index (χ1v) is 9.00. The number of rotatable bonds is 10. The molecule has 0 unspecified atom stereocenters. The molecule has 0 heterocycles. The van der Waals surface area contributed by atoms with Gasteiger partial charge in [0, 0.05) is 24.2 Å². The number of nitrogens with two attached hydrogens (primary N) is 1. The molecule has 0 saturated carbocycles. The van der Waals surface area contributed by atoms with E-state index >= 15 is 0 Å². The molecule has 0 aliphatic rings. The zero-order valence-corrected chi connectivity index (χ0v) is 16.3. The normalized spacial score (nSPS) is 10.2. The summed E-state index contributed by atoms with van der Waals surface area (Å²) in [6, 6.07) is 11.3. The minimum atomic E-state index is -0.800. The Balaban J connectivity index is 1.92. The Kier molecular flexibility index (Phi) is 8.04. The average Bonchev–Trinajstić information content (AvgIpc) is 2.72. The number of carbonyl (C=O) groups excluding carboxylic acids is 4. The SMILES string of the molecule is CC(=O)c1cccc(OCC(=O)OCC(=O)N(CCC(N)=O)c2ccc(F)cc2)c1. The van der Waals surface area contributed by atoms with E-state index < -0.39 is 36.8 Å². The van der Waals surface area contributed by atoms with Gasteiger partial charge in [-0.1, -0.05) is 12.1 Å². The lowest BCUT2D eigenvalue weighted by molar-refractivity contribution is -0.149. The van der Waals surface area contributed by atoms with Gasteiger partial charge in [0.25, 0.3) is 5.91 Å². The summed E-state index contributed by atoms with van der Waals surface area (Å²) in [6.07, 6.45) is -0.118. The maximum absolute atomic E-state index is 13.1. The van der Waals surface area contributed by atoms with Gasteiger partial charge in [0.15, 0.2) is 19.0 Å². The number of ketones is 1. The Morgan fingerprint density at radius 3 is 2.37 bits per heavy atom. The van der Waals surface area contributed by atoms with Crippen molar-refractivity contribution < 1.29 is 33.0 Å². The van der Waals surface area contributed by atoms with Crippen LogP contribution in [-0.2, 0) is 19.1 Å². The van der Waals surface area contributed by atoms with Gasteiger partial charge in [0.1, 0.15) is 11.6 Å². The molecule has 2 aromatic carbocycles. The summed E-state index contributed by atoms with van der Waals surface area (Å²) >= 11 is 0. The number of esters is 1. The fraction of sp³-hybridized carbons (Fsp3) is 0.238. The van der Waals surface area contributed by atoms with Crippen LogP contribution < -0.4 is 15.4 Å². The van der Waals surface area contributed by atoms with Crippen molar-refractivity contribution in [3.05, 3.63) is 59.9 Å². The first-order chi connectivity index (χ1) is 14.3. The lowest BCUT2D eigenvalue weighted by Crippen LogP contribution is -2.37. The second kappa shape index (κ2) is 10.7. The molecule has 2 N–H and O–H groups in total. The van der Waals surface area contributed by atoms with Crippen LogP contribution in [0.15, 0.2) is 48.5 Å². The minimum Gasteiger partial charge on any atom is -0.482 e. The number of nitrogens with zero attached hydrogens (tertiary/aromatic N) is 1. The number of Topliss-reactive ketones (excluding diaryl/α,β-unsaturated/α-hetero) is 1. The number of hydrogen-bond acceptors (Lipinski definition) is 6. The fourth-order valence-corrected chi connectivity index (χ4v) is 2.45. The van der Waals surface area contributed by atoms with E-state index in [0.717, 1.165) is 12.1 Å². The molecule has 0 saturated heterocycles. The number of hydrogen-bond donors (Lipinski definition) is 1. The van der Waals surface area contributed by atoms with Gasteiger partial charge < -0.3 is 20.1 Å². The van der Waals surface area contributed by atoms with Crippen molar-refractivity contribution >= 4 is 29.3 Å². The molecule has 0 aromatic heterocycles. The first-order valence-electron chi connectivity index (χ1n) is 9.00. The molecule has 8 nitrogen and oxygen atoms in total. The molecule has 2 rings (SSSR count). The lowest BCUT2D eigenvalue weighted by atomic mass is 10.1. The Bertz CT molecular complexity index is 929. The number of primary amides is 1. The molecule has 0 fully saturated rings. The fourth-order valence-electron chi connectivity index (χ4n) is 2.45. The van der Waals surface area contributed by atoms with E-state index in [1.54, 1.807) is 18.2 Å². The molecule has 0 atom stereocenters. The van der Waals surface area contributed by atoms with Gasteiger partial charge >= 0.3 is 5.97 Å². The molecule has 2 amide bonds. The van der Waals surface area contributed by atoms with Crippen molar-refractivity contribution in [1.29, 1.82) is 0 Å². The number of benzene rings is 2. The van der Waals surface area contributed by atoms with Crippen LogP contribution in [0.3, 0.4) is 0 Å². The smallest absolute Gasteiger partial charge is 0.344 e. The highest BCUT2D eigenvalue weighted by Crippen LogP contribution is 2.16. The lowest BCUT2D eigenvalue weighted by Gasteiger charge is -2.22. The first kappa shape index (κ1) is 22.5. The summed E-state index contributed by atoms with van der Waals surface area (Å²) in [6.45, 7) is 0.286. The highest BCUT2D eigenvalue weighted by atomic mass is 19.1. The van der Waals surface area contributed by atoms with E-state index in [4.69, 9.17) is 15.2 Å². The highest BCUT2D eigenvalue weighted by Gasteiger charge is 2.19. The highest BCUT2D eigenvalue weighted by molar-refractivity contribution is 5.96. The van der Waals surface area contributed by atoms with Crippen molar-refractivity contribution in [1.82, 2.24) is 0 Å². The molecule has 2 aromatic rings. The zero-order valence-electron chi connectivity index (χ0n) is 16.3. The van der Waals surface area contributed by atoms with Gasteiger partial charge in [-0.15, -0.1) is 0 Å². The van der Waals surface area contributed by atoms with Crippen LogP contribution in [0, 0.1) is 5.82 Å². The van der Waals surface area contributed by atoms with Crippen molar-refractivity contribution in [3.63, 3.8) is 0 Å². The van der Waals surface area contributed by atoms with Gasteiger partial charge in [-0.05, 0) is 43.3 Å². The Morgan fingerprint density at radius 2 is 1.73 bits per heavy atom. The second-order valence-electron chi connectivity index (χ2n) is 6.27. The molecular formula is C21H21FN2O6. The minimum absolute atomic E-state index is 0.0499. The predicted octanol–water partition coefficient (Wildman–Crippen LogP) is 1.86. The summed E-state index contributed by atoms with van der Waals surface area (Å²) in [5.41, 5.74) is 5.89. The molecule has 0 aliphatic heterocycles. The Morgan fingerprint density at radius 1 is 1.03 bits per heavy atom. The second-order valence-corrected chi connectivity index (χ2v) is 6.27. The monoisotopic (exact) mass is 416 g/mol. The molecule has 0 bridgehead atoms. The zero-order chi connectivity index (χ0) is 22.1. The molecule has 30 heavy (non-hydrogen) atoms. The van der Waals surface area contributed by atoms with Crippen LogP contribution in [-0.4, -0.2) is 43.3 Å². The predicted molar refractivity (Wildman–Crippen MR) is 105 cm³/mol. The van der Waals surface area contributed by atoms with Crippen molar-refractivity contribution in [2.45, 2.75) is 13.3 Å². The Labute approximate surface area is 172 Å². The van der Waals surface area contributed by atoms with Gasteiger partial charge in [0.2, 0.25) is 5.91 Å². The van der Waals surface area contributed by atoms with Crippen molar-refractivity contribution in [2.24, 2.45) is 5.73 Å². The third-order valence-electron chi connectivity index (χ3n) is 3.98. The summed E-state index contributed by atoms with van der Waals surface area (Å²) in [5, 5.41) is 0.